The molecule has 36 heavy (non-hydrogen) atoms. The first kappa shape index (κ1) is 23.8. The average Bonchev–Trinajstić information content (AvgIpc) is 3.23. The van der Waals surface area contributed by atoms with Crippen molar-refractivity contribution in [3.63, 3.8) is 0 Å². The van der Waals surface area contributed by atoms with E-state index in [1.807, 2.05) is 18.2 Å². The molecular weight excluding hydrogens is 453 g/mol. The van der Waals surface area contributed by atoms with Gasteiger partial charge in [0.15, 0.2) is 0 Å². The molecule has 3 aliphatic heterocycles. The molecule has 7 nitrogen and oxygen atoms in total. The molecule has 3 unspecified atom stereocenters. The van der Waals surface area contributed by atoms with Crippen molar-refractivity contribution in [3.05, 3.63) is 75.1 Å². The largest absolute Gasteiger partial charge is 0.471 e. The minimum atomic E-state index is -0.645. The van der Waals surface area contributed by atoms with Crippen LogP contribution in [-0.2, 0) is 9.31 Å². The maximum atomic E-state index is 14.1. The second-order valence-electron chi connectivity index (χ2n) is 12.1. The smallest absolute Gasteiger partial charge is 0.403 e. The first-order chi connectivity index (χ1) is 17.0. The third-order valence-electron chi connectivity index (χ3n) is 9.67. The van der Waals surface area contributed by atoms with Crippen LogP contribution in [0.4, 0.5) is 0 Å². The van der Waals surface area contributed by atoms with Crippen molar-refractivity contribution >= 4 is 7.12 Å². The normalized spacial score (nSPS) is 31.0. The number of fused-ring (bicyclic) bond motifs is 1. The first-order valence-electron chi connectivity index (χ1n) is 13.3. The standard InChI is InChI=1S/C28H36BN3O4/c1-18-17-22-19(2)28(20-13-9-7-10-14-20,29-35-26(3,4)27(5,6)36-29)23(18)32-25(34)30(24(33)31(22)32)21-15-11-8-12-16-21/h8,11-12,15-17,20,22-23H,2,7,9-10,13-14H2,1,3-6H3. The molecule has 190 valence electrons. The van der Waals surface area contributed by atoms with E-state index in [0.29, 0.717) is 5.69 Å². The quantitative estimate of drug-likeness (QED) is 0.458. The molecule has 1 saturated heterocycles. The maximum Gasteiger partial charge on any atom is 0.471 e. The Balaban J connectivity index is 1.62. The Bertz CT molecular complexity index is 1360. The Morgan fingerprint density at radius 1 is 0.917 bits per heavy atom. The Kier molecular flexibility index (Phi) is 5.10. The summed E-state index contributed by atoms with van der Waals surface area (Å²) in [7, 11) is -0.565. The second-order valence-corrected chi connectivity index (χ2v) is 12.1. The molecule has 1 saturated carbocycles. The lowest BCUT2D eigenvalue weighted by Crippen LogP contribution is -2.58. The number of hydrogen-bond acceptors (Lipinski definition) is 4. The fourth-order valence-electron chi connectivity index (χ4n) is 7.20. The third-order valence-corrected chi connectivity index (χ3v) is 9.67. The van der Waals surface area contributed by atoms with Gasteiger partial charge in [0.05, 0.1) is 34.3 Å². The molecule has 2 aliphatic carbocycles. The van der Waals surface area contributed by atoms with E-state index < -0.39 is 35.7 Å². The molecule has 0 amide bonds. The molecule has 1 aromatic carbocycles. The predicted octanol–water partition coefficient (Wildman–Crippen LogP) is 4.83. The third kappa shape index (κ3) is 2.88. The van der Waals surface area contributed by atoms with Gasteiger partial charge in [0.1, 0.15) is 0 Å². The van der Waals surface area contributed by atoms with Crippen LogP contribution in [-0.4, -0.2) is 32.3 Å². The zero-order valence-electron chi connectivity index (χ0n) is 22.0. The molecule has 0 spiro atoms. The maximum absolute atomic E-state index is 14.1. The summed E-state index contributed by atoms with van der Waals surface area (Å²) in [5.74, 6) is 0.237. The lowest BCUT2D eigenvalue weighted by molar-refractivity contribution is 0.00578. The minimum Gasteiger partial charge on any atom is -0.403 e. The minimum absolute atomic E-state index is 0.237. The van der Waals surface area contributed by atoms with Crippen LogP contribution < -0.4 is 11.4 Å². The topological polar surface area (TPSA) is 67.4 Å². The Labute approximate surface area is 212 Å². The van der Waals surface area contributed by atoms with Crippen LogP contribution in [0.1, 0.15) is 78.8 Å². The number of benzene rings is 1. The van der Waals surface area contributed by atoms with Gasteiger partial charge in [-0.05, 0) is 76.7 Å². The van der Waals surface area contributed by atoms with E-state index in [1.165, 1.54) is 11.0 Å². The van der Waals surface area contributed by atoms with Gasteiger partial charge in [-0.2, -0.15) is 0 Å². The van der Waals surface area contributed by atoms with Crippen molar-refractivity contribution in [2.24, 2.45) is 5.92 Å². The van der Waals surface area contributed by atoms with E-state index in [-0.39, 0.29) is 17.3 Å². The highest BCUT2D eigenvalue weighted by molar-refractivity contribution is 6.51. The number of aromatic nitrogens is 3. The number of para-hydroxylation sites is 1. The van der Waals surface area contributed by atoms with Gasteiger partial charge in [-0.1, -0.05) is 50.1 Å². The molecule has 2 aromatic rings. The summed E-state index contributed by atoms with van der Waals surface area (Å²) in [6.07, 6.45) is 7.63. The van der Waals surface area contributed by atoms with Gasteiger partial charge in [-0.3, -0.25) is 0 Å². The van der Waals surface area contributed by atoms with Crippen LogP contribution in [0.15, 0.2) is 63.7 Å². The SMILES string of the molecule is C=C1C2C=C(C)C(n3c(=O)n(-c4ccccc4)c(=O)n32)C1(B1OC(C)(C)C(C)(C)O1)C1CCCCC1. The van der Waals surface area contributed by atoms with Gasteiger partial charge >= 0.3 is 18.5 Å². The molecule has 0 radical (unpaired) electrons. The van der Waals surface area contributed by atoms with Crippen molar-refractivity contribution in [2.75, 3.05) is 0 Å². The molecule has 4 heterocycles. The summed E-state index contributed by atoms with van der Waals surface area (Å²) < 4.78 is 18.2. The molecule has 0 N–H and O–H groups in total. The van der Waals surface area contributed by atoms with Gasteiger partial charge in [-0.25, -0.2) is 23.5 Å². The van der Waals surface area contributed by atoms with E-state index in [0.717, 1.165) is 36.8 Å². The fraction of sp³-hybridized carbons (Fsp3) is 0.571. The van der Waals surface area contributed by atoms with Crippen LogP contribution in [0.5, 0.6) is 0 Å². The van der Waals surface area contributed by atoms with Gasteiger partial charge < -0.3 is 9.31 Å². The van der Waals surface area contributed by atoms with Crippen LogP contribution in [0.3, 0.4) is 0 Å². The van der Waals surface area contributed by atoms with Crippen LogP contribution in [0.2, 0.25) is 5.31 Å². The molecule has 1 aromatic heterocycles. The summed E-state index contributed by atoms with van der Waals surface area (Å²) in [5, 5.41) is -0.645. The fourth-order valence-corrected chi connectivity index (χ4v) is 7.20. The lowest BCUT2D eigenvalue weighted by Gasteiger charge is -2.57. The highest BCUT2D eigenvalue weighted by Crippen LogP contribution is 2.68. The monoisotopic (exact) mass is 489 g/mol. The zero-order chi connectivity index (χ0) is 25.6. The van der Waals surface area contributed by atoms with Crippen LogP contribution >= 0.6 is 0 Å². The highest BCUT2D eigenvalue weighted by Gasteiger charge is 2.70. The summed E-state index contributed by atoms with van der Waals surface area (Å²) >= 11 is 0. The van der Waals surface area contributed by atoms with Crippen molar-refractivity contribution < 1.29 is 9.31 Å². The summed E-state index contributed by atoms with van der Waals surface area (Å²) in [5.41, 5.74) is 0.873. The Hall–Kier alpha value is -2.58. The van der Waals surface area contributed by atoms with Crippen molar-refractivity contribution in [1.82, 2.24) is 13.9 Å². The van der Waals surface area contributed by atoms with Gasteiger partial charge in [0, 0.05) is 0 Å². The van der Waals surface area contributed by atoms with E-state index in [1.54, 1.807) is 21.5 Å². The summed E-state index contributed by atoms with van der Waals surface area (Å²) in [6.45, 7) is 15.0. The van der Waals surface area contributed by atoms with Gasteiger partial charge in [-0.15, -0.1) is 0 Å². The number of nitrogens with zero attached hydrogens (tertiary/aromatic N) is 3. The Morgan fingerprint density at radius 3 is 2.11 bits per heavy atom. The molecule has 2 fully saturated rings. The highest BCUT2D eigenvalue weighted by atomic mass is 16.7. The summed E-state index contributed by atoms with van der Waals surface area (Å²) in [6, 6.07) is 8.33. The average molecular weight is 489 g/mol. The van der Waals surface area contributed by atoms with Crippen LogP contribution in [0.25, 0.3) is 5.69 Å². The molecule has 5 aliphatic rings. The van der Waals surface area contributed by atoms with Crippen molar-refractivity contribution in [1.29, 1.82) is 0 Å². The predicted molar refractivity (Wildman–Crippen MR) is 141 cm³/mol. The van der Waals surface area contributed by atoms with E-state index in [9.17, 15) is 9.59 Å². The first-order valence-corrected chi connectivity index (χ1v) is 13.3. The lowest BCUT2D eigenvalue weighted by atomic mass is 9.39. The van der Waals surface area contributed by atoms with Crippen LogP contribution in [0, 0.1) is 5.92 Å². The van der Waals surface area contributed by atoms with E-state index in [2.05, 4.69) is 47.3 Å². The van der Waals surface area contributed by atoms with Crippen molar-refractivity contribution in [2.45, 2.75) is 95.3 Å². The molecule has 3 atom stereocenters. The van der Waals surface area contributed by atoms with E-state index >= 15 is 0 Å². The second kappa shape index (κ2) is 7.71. The van der Waals surface area contributed by atoms with Crippen molar-refractivity contribution in [3.8, 4) is 5.69 Å². The molecular formula is C28H36BN3O4. The molecule has 2 bridgehead atoms. The van der Waals surface area contributed by atoms with Gasteiger partial charge in [0.2, 0.25) is 0 Å². The Morgan fingerprint density at radius 2 is 1.50 bits per heavy atom. The number of allylic oxidation sites excluding steroid dienone is 3. The zero-order valence-corrected chi connectivity index (χ0v) is 22.0. The molecule has 8 heteroatoms. The number of rotatable bonds is 3. The summed E-state index contributed by atoms with van der Waals surface area (Å²) in [4.78, 5) is 27.8. The number of hydrogen-bond donors (Lipinski definition) is 0. The van der Waals surface area contributed by atoms with E-state index in [4.69, 9.17) is 9.31 Å². The van der Waals surface area contributed by atoms with Gasteiger partial charge in [0.25, 0.3) is 0 Å². The molecule has 7 rings (SSSR count).